The summed E-state index contributed by atoms with van der Waals surface area (Å²) in [5.74, 6) is 0.397. The van der Waals surface area contributed by atoms with E-state index in [0.29, 0.717) is 24.4 Å². The van der Waals surface area contributed by atoms with Crippen molar-refractivity contribution in [1.82, 2.24) is 4.90 Å². The molecule has 1 atom stereocenters. The summed E-state index contributed by atoms with van der Waals surface area (Å²) in [6.07, 6.45) is 3.47. The fourth-order valence-electron chi connectivity index (χ4n) is 3.01. The van der Waals surface area contributed by atoms with Crippen LogP contribution in [0.2, 0.25) is 5.02 Å². The van der Waals surface area contributed by atoms with E-state index in [1.807, 2.05) is 31.2 Å². The molecule has 0 spiro atoms. The van der Waals surface area contributed by atoms with Gasteiger partial charge >= 0.3 is 0 Å². The van der Waals surface area contributed by atoms with Crippen molar-refractivity contribution >= 4 is 27.3 Å². The zero-order chi connectivity index (χ0) is 16.9. The quantitative estimate of drug-likeness (QED) is 0.753. The Labute approximate surface area is 143 Å². The standard InChI is InChI=1S/C17H24ClNO3S/c1-2-11-19(16-10-12-23(21,22)13-16)17(20)5-3-4-14-6-8-15(18)9-7-14/h6-9,16H,2-5,10-13H2,1H3. The lowest BCUT2D eigenvalue weighted by atomic mass is 10.1. The average molecular weight is 358 g/mol. The number of benzene rings is 1. The summed E-state index contributed by atoms with van der Waals surface area (Å²) in [4.78, 5) is 14.3. The van der Waals surface area contributed by atoms with E-state index in [4.69, 9.17) is 11.6 Å². The Morgan fingerprint density at radius 3 is 2.57 bits per heavy atom. The summed E-state index contributed by atoms with van der Waals surface area (Å²) in [6.45, 7) is 2.65. The fraction of sp³-hybridized carbons (Fsp3) is 0.588. The molecule has 0 bridgehead atoms. The van der Waals surface area contributed by atoms with E-state index in [1.54, 1.807) is 4.90 Å². The van der Waals surface area contributed by atoms with Crippen LogP contribution in [0.15, 0.2) is 24.3 Å². The monoisotopic (exact) mass is 357 g/mol. The van der Waals surface area contributed by atoms with Crippen LogP contribution in [0.5, 0.6) is 0 Å². The summed E-state index contributed by atoms with van der Waals surface area (Å²) >= 11 is 5.86. The SMILES string of the molecule is CCCN(C(=O)CCCc1ccc(Cl)cc1)C1CCS(=O)(=O)C1. The maximum Gasteiger partial charge on any atom is 0.222 e. The minimum absolute atomic E-state index is 0.0721. The highest BCUT2D eigenvalue weighted by atomic mass is 35.5. The predicted molar refractivity (Wildman–Crippen MR) is 93.5 cm³/mol. The van der Waals surface area contributed by atoms with E-state index >= 15 is 0 Å². The van der Waals surface area contributed by atoms with E-state index in [2.05, 4.69) is 0 Å². The number of hydrogen-bond donors (Lipinski definition) is 0. The Hall–Kier alpha value is -1.07. The number of carbonyl (C=O) groups is 1. The van der Waals surface area contributed by atoms with Crippen LogP contribution in [0.25, 0.3) is 0 Å². The van der Waals surface area contributed by atoms with Crippen molar-refractivity contribution in [3.8, 4) is 0 Å². The van der Waals surface area contributed by atoms with E-state index in [0.717, 1.165) is 24.8 Å². The Morgan fingerprint density at radius 1 is 1.30 bits per heavy atom. The molecule has 1 saturated heterocycles. The van der Waals surface area contributed by atoms with Crippen LogP contribution in [0.4, 0.5) is 0 Å². The molecule has 23 heavy (non-hydrogen) atoms. The number of carbonyl (C=O) groups excluding carboxylic acids is 1. The average Bonchev–Trinajstić information content (AvgIpc) is 2.86. The van der Waals surface area contributed by atoms with E-state index in [1.165, 1.54) is 0 Å². The Morgan fingerprint density at radius 2 is 2.00 bits per heavy atom. The number of nitrogens with zero attached hydrogens (tertiary/aromatic N) is 1. The Balaban J connectivity index is 1.87. The molecule has 6 heteroatoms. The van der Waals surface area contributed by atoms with Gasteiger partial charge in [-0.05, 0) is 43.4 Å². The lowest BCUT2D eigenvalue weighted by Gasteiger charge is -2.28. The maximum absolute atomic E-state index is 12.5. The smallest absolute Gasteiger partial charge is 0.222 e. The molecule has 0 aromatic heterocycles. The predicted octanol–water partition coefficient (Wildman–Crippen LogP) is 3.09. The topological polar surface area (TPSA) is 54.5 Å². The van der Waals surface area contributed by atoms with Gasteiger partial charge in [0, 0.05) is 24.0 Å². The van der Waals surface area contributed by atoms with Gasteiger partial charge in [0.15, 0.2) is 9.84 Å². The van der Waals surface area contributed by atoms with Crippen LogP contribution in [0.1, 0.15) is 38.2 Å². The molecule has 1 heterocycles. The second-order valence-corrected chi connectivity index (χ2v) is 8.79. The number of amides is 1. The van der Waals surface area contributed by atoms with Crippen molar-refractivity contribution in [3.63, 3.8) is 0 Å². The van der Waals surface area contributed by atoms with Crippen molar-refractivity contribution in [2.45, 2.75) is 45.1 Å². The third-order valence-corrected chi connectivity index (χ3v) is 6.21. The van der Waals surface area contributed by atoms with Crippen LogP contribution in [-0.2, 0) is 21.1 Å². The van der Waals surface area contributed by atoms with Crippen LogP contribution in [0, 0.1) is 0 Å². The molecule has 0 aliphatic carbocycles. The molecule has 4 nitrogen and oxygen atoms in total. The number of aryl methyl sites for hydroxylation is 1. The maximum atomic E-state index is 12.5. The van der Waals surface area contributed by atoms with Gasteiger partial charge in [0.25, 0.3) is 0 Å². The number of sulfone groups is 1. The lowest BCUT2D eigenvalue weighted by molar-refractivity contribution is -0.133. The molecule has 1 aliphatic heterocycles. The second kappa shape index (κ2) is 8.15. The normalized spacial score (nSPS) is 19.7. The Bertz CT molecular complexity index is 628. The second-order valence-electron chi connectivity index (χ2n) is 6.12. The van der Waals surface area contributed by atoms with Gasteiger partial charge in [0.2, 0.25) is 5.91 Å². The molecule has 1 aromatic carbocycles. The minimum Gasteiger partial charge on any atom is -0.339 e. The third-order valence-electron chi connectivity index (χ3n) is 4.20. The van der Waals surface area contributed by atoms with Crippen molar-refractivity contribution in [3.05, 3.63) is 34.9 Å². The zero-order valence-electron chi connectivity index (χ0n) is 13.5. The first kappa shape index (κ1) is 18.3. The molecule has 0 saturated carbocycles. The molecular formula is C17H24ClNO3S. The summed E-state index contributed by atoms with van der Waals surface area (Å²) in [5.41, 5.74) is 1.16. The first-order valence-electron chi connectivity index (χ1n) is 8.15. The van der Waals surface area contributed by atoms with Gasteiger partial charge in [0.05, 0.1) is 11.5 Å². The Kier molecular flexibility index (Phi) is 6.48. The van der Waals surface area contributed by atoms with Gasteiger partial charge in [-0.2, -0.15) is 0 Å². The number of rotatable bonds is 7. The van der Waals surface area contributed by atoms with Gasteiger partial charge in [-0.1, -0.05) is 30.7 Å². The molecule has 0 radical (unpaired) electrons. The molecule has 128 valence electrons. The summed E-state index contributed by atoms with van der Waals surface area (Å²) in [5, 5.41) is 0.710. The van der Waals surface area contributed by atoms with E-state index in [-0.39, 0.29) is 23.5 Å². The zero-order valence-corrected chi connectivity index (χ0v) is 15.1. The van der Waals surface area contributed by atoms with Crippen LogP contribution in [-0.4, -0.2) is 43.3 Å². The molecule has 1 amide bonds. The lowest BCUT2D eigenvalue weighted by Crippen LogP contribution is -2.41. The van der Waals surface area contributed by atoms with Crippen LogP contribution in [0.3, 0.4) is 0 Å². The molecule has 2 rings (SSSR count). The largest absolute Gasteiger partial charge is 0.339 e. The van der Waals surface area contributed by atoms with Crippen molar-refractivity contribution in [2.24, 2.45) is 0 Å². The molecule has 1 aliphatic rings. The number of halogens is 1. The van der Waals surface area contributed by atoms with E-state index in [9.17, 15) is 13.2 Å². The van der Waals surface area contributed by atoms with Gasteiger partial charge in [0.1, 0.15) is 0 Å². The van der Waals surface area contributed by atoms with Gasteiger partial charge in [-0.25, -0.2) is 8.42 Å². The minimum atomic E-state index is -2.97. The summed E-state index contributed by atoms with van der Waals surface area (Å²) < 4.78 is 23.3. The van der Waals surface area contributed by atoms with Crippen LogP contribution >= 0.6 is 11.6 Å². The summed E-state index contributed by atoms with van der Waals surface area (Å²) in [6, 6.07) is 7.51. The van der Waals surface area contributed by atoms with Crippen molar-refractivity contribution < 1.29 is 13.2 Å². The molecule has 1 unspecified atom stereocenters. The first-order chi connectivity index (χ1) is 10.9. The fourth-order valence-corrected chi connectivity index (χ4v) is 4.87. The van der Waals surface area contributed by atoms with Gasteiger partial charge in [-0.3, -0.25) is 4.79 Å². The number of hydrogen-bond acceptors (Lipinski definition) is 3. The van der Waals surface area contributed by atoms with E-state index < -0.39 is 9.84 Å². The van der Waals surface area contributed by atoms with Gasteiger partial charge in [-0.15, -0.1) is 0 Å². The van der Waals surface area contributed by atoms with Crippen molar-refractivity contribution in [2.75, 3.05) is 18.1 Å². The molecule has 1 fully saturated rings. The molecule has 0 N–H and O–H groups in total. The highest BCUT2D eigenvalue weighted by Crippen LogP contribution is 2.20. The highest BCUT2D eigenvalue weighted by Gasteiger charge is 2.33. The first-order valence-corrected chi connectivity index (χ1v) is 10.4. The van der Waals surface area contributed by atoms with Crippen molar-refractivity contribution in [1.29, 1.82) is 0 Å². The molecular weight excluding hydrogens is 334 g/mol. The highest BCUT2D eigenvalue weighted by molar-refractivity contribution is 7.91. The summed E-state index contributed by atoms with van der Waals surface area (Å²) in [7, 11) is -2.97. The van der Waals surface area contributed by atoms with Gasteiger partial charge < -0.3 is 4.90 Å². The molecule has 1 aromatic rings. The van der Waals surface area contributed by atoms with Crippen LogP contribution < -0.4 is 0 Å². The third kappa shape index (κ3) is 5.50.